The van der Waals surface area contributed by atoms with E-state index in [0.717, 1.165) is 19.1 Å². The first-order valence-corrected chi connectivity index (χ1v) is 10.4. The van der Waals surface area contributed by atoms with Crippen LogP contribution in [0.25, 0.3) is 0 Å². The predicted molar refractivity (Wildman–Crippen MR) is 114 cm³/mol. The van der Waals surface area contributed by atoms with Crippen LogP contribution in [0.15, 0.2) is 42.1 Å². The Hall–Kier alpha value is -3.67. The number of pyridine rings is 1. The molecule has 0 N–H and O–H groups in total. The van der Waals surface area contributed by atoms with Crippen LogP contribution in [-0.4, -0.2) is 42.2 Å². The molecule has 1 aliphatic heterocycles. The predicted octanol–water partition coefficient (Wildman–Crippen LogP) is 4.61. The molecule has 186 valence electrons. The average Bonchev–Trinajstić information content (AvgIpc) is 2.78. The van der Waals surface area contributed by atoms with E-state index in [0.29, 0.717) is 0 Å². The smallest absolute Gasteiger partial charge is 0.413 e. The van der Waals surface area contributed by atoms with Gasteiger partial charge in [-0.2, -0.15) is 13.2 Å². The van der Waals surface area contributed by atoms with E-state index in [1.807, 2.05) is 0 Å². The summed E-state index contributed by atoms with van der Waals surface area (Å²) in [6.07, 6.45) is -3.34. The van der Waals surface area contributed by atoms with Gasteiger partial charge in [-0.25, -0.2) is 19.1 Å². The average molecular weight is 517 g/mol. The Morgan fingerprint density at radius 1 is 1.23 bits per heavy atom. The molecule has 0 radical (unpaired) electrons. The third kappa shape index (κ3) is 5.70. The Morgan fingerprint density at radius 3 is 2.60 bits per heavy atom. The number of carbonyl (C=O) groups excluding carboxylic acids is 3. The third-order valence-electron chi connectivity index (χ3n) is 4.71. The zero-order chi connectivity index (χ0) is 25.9. The first-order chi connectivity index (χ1) is 16.4. The highest BCUT2D eigenvalue weighted by atomic mass is 35.5. The van der Waals surface area contributed by atoms with E-state index in [-0.39, 0.29) is 40.0 Å². The normalized spacial score (nSPS) is 16.1. The molecular weight excluding hydrogens is 500 g/mol. The highest BCUT2D eigenvalue weighted by molar-refractivity contribution is 6.32. The SMILES string of the molecule is CCOC(=O)COc1ncccc1Oc1cc(N2C(=O)C=C(C(F)(F)F)C(C)C2=O)c(F)cc1Cl. The summed E-state index contributed by atoms with van der Waals surface area (Å²) in [4.78, 5) is 40.7. The van der Waals surface area contributed by atoms with E-state index in [1.54, 1.807) is 6.92 Å². The number of halogens is 5. The molecular formula is C22H17ClF4N2O6. The summed E-state index contributed by atoms with van der Waals surface area (Å²) in [5.41, 5.74) is -2.00. The molecule has 1 aliphatic rings. The van der Waals surface area contributed by atoms with E-state index in [2.05, 4.69) is 4.98 Å². The summed E-state index contributed by atoms with van der Waals surface area (Å²) in [5, 5.41) is -0.289. The first kappa shape index (κ1) is 25.9. The molecule has 0 bridgehead atoms. The number of benzene rings is 1. The van der Waals surface area contributed by atoms with Crippen molar-refractivity contribution >= 4 is 35.1 Å². The molecule has 1 atom stereocenters. The second-order valence-electron chi connectivity index (χ2n) is 7.07. The lowest BCUT2D eigenvalue weighted by molar-refractivity contribution is -0.145. The number of imide groups is 1. The Kier molecular flexibility index (Phi) is 7.64. The molecule has 0 fully saturated rings. The fourth-order valence-corrected chi connectivity index (χ4v) is 3.29. The van der Waals surface area contributed by atoms with Gasteiger partial charge in [0.15, 0.2) is 12.4 Å². The molecule has 0 aliphatic carbocycles. The number of anilines is 1. The first-order valence-electron chi connectivity index (χ1n) is 10.0. The fourth-order valence-electron chi connectivity index (χ4n) is 3.10. The highest BCUT2D eigenvalue weighted by Gasteiger charge is 2.46. The van der Waals surface area contributed by atoms with Crippen molar-refractivity contribution in [1.82, 2.24) is 4.98 Å². The maximum atomic E-state index is 14.7. The Balaban J connectivity index is 1.95. The van der Waals surface area contributed by atoms with Gasteiger partial charge in [-0.1, -0.05) is 11.6 Å². The summed E-state index contributed by atoms with van der Waals surface area (Å²) in [6, 6.07) is 4.45. The van der Waals surface area contributed by atoms with Crippen LogP contribution < -0.4 is 14.4 Å². The van der Waals surface area contributed by atoms with Crippen LogP contribution >= 0.6 is 11.6 Å². The standard InChI is InChI=1S/C22H17ClF4N2O6/c1-3-33-19(31)10-34-20-16(5-4-6-28-20)35-17-9-15(14(24)8-13(17)23)29-18(30)7-12(22(25,26)27)11(2)21(29)32/h4-9,11H,3,10H2,1-2H3. The van der Waals surface area contributed by atoms with E-state index in [1.165, 1.54) is 18.3 Å². The van der Waals surface area contributed by atoms with E-state index in [4.69, 9.17) is 25.8 Å². The second kappa shape index (κ2) is 10.3. The van der Waals surface area contributed by atoms with Gasteiger partial charge in [0.05, 0.1) is 28.8 Å². The molecule has 1 aromatic carbocycles. The van der Waals surface area contributed by atoms with Gasteiger partial charge in [0.25, 0.3) is 11.8 Å². The van der Waals surface area contributed by atoms with Crippen LogP contribution in [0.3, 0.4) is 0 Å². The number of ether oxygens (including phenoxy) is 3. The lowest BCUT2D eigenvalue weighted by Gasteiger charge is -2.30. The summed E-state index contributed by atoms with van der Waals surface area (Å²) in [7, 11) is 0. The van der Waals surface area contributed by atoms with Crippen molar-refractivity contribution < 1.29 is 46.2 Å². The minimum absolute atomic E-state index is 0.0693. The zero-order valence-electron chi connectivity index (χ0n) is 18.2. The van der Waals surface area contributed by atoms with Gasteiger partial charge >= 0.3 is 12.1 Å². The van der Waals surface area contributed by atoms with Gasteiger partial charge in [-0.05, 0) is 32.0 Å². The molecule has 2 heterocycles. The number of alkyl halides is 3. The van der Waals surface area contributed by atoms with Crippen LogP contribution in [0.4, 0.5) is 23.2 Å². The number of hydrogen-bond donors (Lipinski definition) is 0. The number of aromatic nitrogens is 1. The molecule has 2 amide bonds. The highest BCUT2D eigenvalue weighted by Crippen LogP contribution is 2.41. The molecule has 0 saturated heterocycles. The quantitative estimate of drug-likeness (QED) is 0.301. The van der Waals surface area contributed by atoms with Crippen molar-refractivity contribution in [2.45, 2.75) is 20.0 Å². The number of hydrogen-bond acceptors (Lipinski definition) is 7. The van der Waals surface area contributed by atoms with Gasteiger partial charge in [0.1, 0.15) is 11.6 Å². The maximum absolute atomic E-state index is 14.7. The Bertz CT molecular complexity index is 1200. The lowest BCUT2D eigenvalue weighted by atomic mass is 9.94. The van der Waals surface area contributed by atoms with E-state index >= 15 is 0 Å². The summed E-state index contributed by atoms with van der Waals surface area (Å²) >= 11 is 6.05. The van der Waals surface area contributed by atoms with Crippen molar-refractivity contribution in [3.8, 4) is 17.4 Å². The van der Waals surface area contributed by atoms with Crippen LogP contribution in [0, 0.1) is 11.7 Å². The van der Waals surface area contributed by atoms with Gasteiger partial charge in [0.2, 0.25) is 5.91 Å². The number of carbonyl (C=O) groups is 3. The molecule has 2 aromatic rings. The fraction of sp³-hybridized carbons (Fsp3) is 0.273. The molecule has 13 heteroatoms. The minimum Gasteiger partial charge on any atom is -0.463 e. The molecule has 8 nitrogen and oxygen atoms in total. The molecule has 1 aromatic heterocycles. The van der Waals surface area contributed by atoms with Crippen molar-refractivity contribution in [3.05, 3.63) is 53.0 Å². The molecule has 3 rings (SSSR count). The monoisotopic (exact) mass is 516 g/mol. The largest absolute Gasteiger partial charge is 0.463 e. The molecule has 1 unspecified atom stereocenters. The Morgan fingerprint density at radius 2 is 1.94 bits per heavy atom. The van der Waals surface area contributed by atoms with Crippen LogP contribution in [0.2, 0.25) is 5.02 Å². The van der Waals surface area contributed by atoms with E-state index < -0.39 is 53.6 Å². The van der Waals surface area contributed by atoms with E-state index in [9.17, 15) is 31.9 Å². The summed E-state index contributed by atoms with van der Waals surface area (Å²) in [5.74, 6) is -6.73. The van der Waals surface area contributed by atoms with Gasteiger partial charge < -0.3 is 14.2 Å². The molecule has 0 saturated carbocycles. The number of rotatable bonds is 7. The van der Waals surface area contributed by atoms with Crippen molar-refractivity contribution in [2.75, 3.05) is 18.1 Å². The van der Waals surface area contributed by atoms with Crippen molar-refractivity contribution in [3.63, 3.8) is 0 Å². The minimum atomic E-state index is -4.91. The Labute approximate surface area is 201 Å². The van der Waals surface area contributed by atoms with Crippen LogP contribution in [0.5, 0.6) is 17.4 Å². The lowest BCUT2D eigenvalue weighted by Crippen LogP contribution is -2.46. The maximum Gasteiger partial charge on any atom is 0.413 e. The molecule has 0 spiro atoms. The van der Waals surface area contributed by atoms with Gasteiger partial charge in [-0.15, -0.1) is 0 Å². The van der Waals surface area contributed by atoms with Crippen molar-refractivity contribution in [1.29, 1.82) is 0 Å². The zero-order valence-corrected chi connectivity index (χ0v) is 18.9. The number of amides is 2. The summed E-state index contributed by atoms with van der Waals surface area (Å²) in [6.45, 7) is 2.20. The van der Waals surface area contributed by atoms with Gasteiger partial charge in [0, 0.05) is 18.3 Å². The van der Waals surface area contributed by atoms with Crippen LogP contribution in [0.1, 0.15) is 13.8 Å². The van der Waals surface area contributed by atoms with Crippen LogP contribution in [-0.2, 0) is 19.1 Å². The van der Waals surface area contributed by atoms with Gasteiger partial charge in [-0.3, -0.25) is 9.59 Å². The second-order valence-corrected chi connectivity index (χ2v) is 7.47. The summed E-state index contributed by atoms with van der Waals surface area (Å²) < 4.78 is 69.8. The van der Waals surface area contributed by atoms with Crippen molar-refractivity contribution in [2.24, 2.45) is 5.92 Å². The topological polar surface area (TPSA) is 95.0 Å². The molecule has 35 heavy (non-hydrogen) atoms. The number of esters is 1. The number of nitrogens with zero attached hydrogens (tertiary/aromatic N) is 2. The third-order valence-corrected chi connectivity index (χ3v) is 5.01.